The number of amides is 3. The molecule has 2 aliphatic carbocycles. The minimum absolute atomic E-state index is 0.0276. The Labute approximate surface area is 381 Å². The summed E-state index contributed by atoms with van der Waals surface area (Å²) in [4.78, 5) is 64.1. The standard InChI is InChI=1S/C47H59F2N11O6/c1-56(19-16-34-26-58(20-21-65-34)18-3-4-29-9-12-37-39(22-29)57(2)47(64)60(37)38-13-14-41(61)54-45(38)63)25-31-7-10-33(11-8-31)59-27-35(42(55-59)43(48)49)52-44(62)36-28-66-46(53-36)32-15-17-50-40(23-32)51-24-30-5-6-30/h9,12,15,17,22-23,27-28,30-31,33-34,38,43H,3-8,10-11,13-14,16,18-21,24-26H2,1-2H3,(H,50,51)(H,52,62)(H,54,61,63)/t31?,33?,34-,38?/m1/s1. The number of oxazole rings is 1. The van der Waals surface area contributed by atoms with Gasteiger partial charge < -0.3 is 24.7 Å². The van der Waals surface area contributed by atoms with Crippen molar-refractivity contribution in [3.05, 3.63) is 76.4 Å². The highest BCUT2D eigenvalue weighted by Gasteiger charge is 2.32. The van der Waals surface area contributed by atoms with Crippen LogP contribution in [0.25, 0.3) is 22.5 Å². The predicted molar refractivity (Wildman–Crippen MR) is 242 cm³/mol. The zero-order chi connectivity index (χ0) is 45.9. The molecule has 17 nitrogen and oxygen atoms in total. The van der Waals surface area contributed by atoms with E-state index in [0.29, 0.717) is 41.8 Å². The van der Waals surface area contributed by atoms with Crippen molar-refractivity contribution in [3.63, 3.8) is 0 Å². The number of halogens is 2. The molecule has 1 aromatic carbocycles. The van der Waals surface area contributed by atoms with E-state index in [4.69, 9.17) is 9.15 Å². The molecule has 2 saturated heterocycles. The van der Waals surface area contributed by atoms with Crippen LogP contribution in [0.1, 0.15) is 104 Å². The number of imide groups is 1. The van der Waals surface area contributed by atoms with Crippen molar-refractivity contribution in [3.8, 4) is 11.5 Å². The quantitative estimate of drug-likeness (QED) is 0.0878. The van der Waals surface area contributed by atoms with Crippen LogP contribution in [0, 0.1) is 11.8 Å². The van der Waals surface area contributed by atoms with E-state index >= 15 is 0 Å². The maximum absolute atomic E-state index is 14.2. The fourth-order valence-corrected chi connectivity index (χ4v) is 9.73. The largest absolute Gasteiger partial charge is 0.444 e. The lowest BCUT2D eigenvalue weighted by Gasteiger charge is -2.35. The van der Waals surface area contributed by atoms with Crippen LogP contribution >= 0.6 is 0 Å². The average molecular weight is 912 g/mol. The zero-order valence-corrected chi connectivity index (χ0v) is 37.6. The van der Waals surface area contributed by atoms with Gasteiger partial charge in [-0.15, -0.1) is 0 Å². The number of carbonyl (C=O) groups excluding carboxylic acids is 3. The number of ether oxygens (including phenoxy) is 1. The Morgan fingerprint density at radius 3 is 2.64 bits per heavy atom. The normalized spacial score (nSPS) is 21.8. The predicted octanol–water partition coefficient (Wildman–Crippen LogP) is 5.96. The van der Waals surface area contributed by atoms with Gasteiger partial charge in [-0.2, -0.15) is 5.10 Å². The van der Waals surface area contributed by atoms with Gasteiger partial charge in [-0.1, -0.05) is 6.07 Å². The van der Waals surface area contributed by atoms with E-state index in [1.54, 1.807) is 34.6 Å². The molecule has 4 fully saturated rings. The highest BCUT2D eigenvalue weighted by molar-refractivity contribution is 6.03. The molecular formula is C47H59F2N11O6. The summed E-state index contributed by atoms with van der Waals surface area (Å²) in [6.45, 7) is 6.08. The number of nitrogens with zero attached hydrogens (tertiary/aromatic N) is 8. The Bertz CT molecular complexity index is 2590. The minimum Gasteiger partial charge on any atom is -0.444 e. The molecule has 4 aliphatic rings. The molecule has 352 valence electrons. The molecule has 2 atom stereocenters. The van der Waals surface area contributed by atoms with Gasteiger partial charge in [-0.25, -0.2) is 23.5 Å². The second kappa shape index (κ2) is 20.0. The summed E-state index contributed by atoms with van der Waals surface area (Å²) in [7, 11) is 3.87. The van der Waals surface area contributed by atoms with Crippen LogP contribution in [-0.2, 0) is 27.8 Å². The molecule has 0 bridgehead atoms. The van der Waals surface area contributed by atoms with Gasteiger partial charge in [-0.3, -0.25) is 38.4 Å². The summed E-state index contributed by atoms with van der Waals surface area (Å²) in [5, 5.41) is 12.5. The van der Waals surface area contributed by atoms with Crippen molar-refractivity contribution in [1.82, 2.24) is 44.0 Å². The van der Waals surface area contributed by atoms with Gasteiger partial charge in [0.1, 0.15) is 18.1 Å². The number of benzene rings is 1. The summed E-state index contributed by atoms with van der Waals surface area (Å²) >= 11 is 0. The molecule has 2 aliphatic heterocycles. The molecule has 19 heteroatoms. The van der Waals surface area contributed by atoms with Crippen molar-refractivity contribution in [2.45, 2.75) is 95.2 Å². The number of hydrogen-bond acceptors (Lipinski definition) is 12. The molecule has 0 radical (unpaired) electrons. The van der Waals surface area contributed by atoms with Gasteiger partial charge in [0.15, 0.2) is 11.4 Å². The van der Waals surface area contributed by atoms with Crippen LogP contribution in [-0.4, -0.2) is 115 Å². The molecule has 1 unspecified atom stereocenters. The molecule has 2 saturated carbocycles. The summed E-state index contributed by atoms with van der Waals surface area (Å²) < 4.78 is 44.9. The summed E-state index contributed by atoms with van der Waals surface area (Å²) in [5.41, 5.74) is 2.44. The highest BCUT2D eigenvalue weighted by atomic mass is 19.3. The van der Waals surface area contributed by atoms with E-state index in [-0.39, 0.29) is 47.4 Å². The van der Waals surface area contributed by atoms with Crippen LogP contribution in [0.15, 0.2) is 58.2 Å². The first kappa shape index (κ1) is 45.4. The Morgan fingerprint density at radius 1 is 1.03 bits per heavy atom. The molecule has 3 N–H and O–H groups in total. The van der Waals surface area contributed by atoms with E-state index < -0.39 is 30.0 Å². The topological polar surface area (TPSA) is 187 Å². The Hall–Kier alpha value is -5.79. The van der Waals surface area contributed by atoms with Crippen molar-refractivity contribution in [1.29, 1.82) is 0 Å². The first-order valence-corrected chi connectivity index (χ1v) is 23.4. The van der Waals surface area contributed by atoms with Gasteiger partial charge in [-0.05, 0) is 119 Å². The smallest absolute Gasteiger partial charge is 0.329 e. The third-order valence-electron chi connectivity index (χ3n) is 13.7. The molecule has 3 amide bonds. The number of carbonyl (C=O) groups is 3. The molecule has 66 heavy (non-hydrogen) atoms. The number of morpholine rings is 1. The van der Waals surface area contributed by atoms with E-state index in [0.717, 1.165) is 95.3 Å². The summed E-state index contributed by atoms with van der Waals surface area (Å²) in [6, 6.07) is 8.76. The minimum atomic E-state index is -2.87. The number of imidazole rings is 1. The van der Waals surface area contributed by atoms with Crippen LogP contribution in [0.5, 0.6) is 0 Å². The number of aryl methyl sites for hydroxylation is 2. The molecular weight excluding hydrogens is 853 g/mol. The van der Waals surface area contributed by atoms with Crippen LogP contribution in [0.3, 0.4) is 0 Å². The van der Waals surface area contributed by atoms with Crippen molar-refractivity contribution >= 4 is 40.3 Å². The van der Waals surface area contributed by atoms with E-state index in [1.165, 1.54) is 29.9 Å². The molecule has 4 aromatic heterocycles. The third kappa shape index (κ3) is 10.6. The SMILES string of the molecule is CN(CC[C@@H]1CN(CCCc2ccc3c(c2)n(C)c(=O)n3C2CCC(=O)NC2=O)CCO1)CC1CCC(n2cc(NC(=O)c3coc(-c4ccnc(NCC5CC5)c4)n3)c(C(F)F)n2)CC1. The Kier molecular flexibility index (Phi) is 13.7. The Morgan fingerprint density at radius 2 is 1.85 bits per heavy atom. The first-order valence-electron chi connectivity index (χ1n) is 23.4. The van der Waals surface area contributed by atoms with Crippen LogP contribution in [0.2, 0.25) is 0 Å². The van der Waals surface area contributed by atoms with Gasteiger partial charge in [0.05, 0.1) is 35.5 Å². The average Bonchev–Trinajstić information content (AvgIpc) is 3.73. The number of piperidine rings is 1. The number of nitrogens with one attached hydrogen (secondary N) is 3. The lowest BCUT2D eigenvalue weighted by atomic mass is 9.86. The molecule has 0 spiro atoms. The second-order valence-electron chi connectivity index (χ2n) is 18.6. The number of hydrogen-bond donors (Lipinski definition) is 3. The number of alkyl halides is 2. The second-order valence-corrected chi connectivity index (χ2v) is 18.6. The number of aromatic nitrogens is 6. The molecule has 6 heterocycles. The maximum Gasteiger partial charge on any atom is 0.329 e. The summed E-state index contributed by atoms with van der Waals surface area (Å²) in [5.74, 6) is 0.663. The molecule has 5 aromatic rings. The number of rotatable bonds is 18. The third-order valence-corrected chi connectivity index (χ3v) is 13.7. The molecule has 9 rings (SSSR count). The fraction of sp³-hybridized carbons (Fsp3) is 0.553. The van der Waals surface area contributed by atoms with Crippen LogP contribution < -0.4 is 21.6 Å². The van der Waals surface area contributed by atoms with Crippen molar-refractivity contribution < 1.29 is 32.3 Å². The van der Waals surface area contributed by atoms with Crippen molar-refractivity contribution in [2.24, 2.45) is 18.9 Å². The number of pyridine rings is 1. The fourth-order valence-electron chi connectivity index (χ4n) is 9.73. The van der Waals surface area contributed by atoms with E-state index in [1.807, 2.05) is 18.2 Å². The lowest BCUT2D eigenvalue weighted by molar-refractivity contribution is -0.135. The van der Waals surface area contributed by atoms with Crippen molar-refractivity contribution in [2.75, 3.05) is 63.6 Å². The summed E-state index contributed by atoms with van der Waals surface area (Å²) in [6.07, 6.45) is 10.8. The van der Waals surface area contributed by atoms with Gasteiger partial charge in [0.25, 0.3) is 12.3 Å². The van der Waals surface area contributed by atoms with Gasteiger partial charge in [0, 0.05) is 64.1 Å². The van der Waals surface area contributed by atoms with Gasteiger partial charge in [0.2, 0.25) is 17.7 Å². The monoisotopic (exact) mass is 911 g/mol. The van der Waals surface area contributed by atoms with E-state index in [2.05, 4.69) is 47.9 Å². The highest BCUT2D eigenvalue weighted by Crippen LogP contribution is 2.36. The van der Waals surface area contributed by atoms with Gasteiger partial charge >= 0.3 is 5.69 Å². The number of fused-ring (bicyclic) bond motifs is 1. The number of anilines is 2. The maximum atomic E-state index is 14.2. The van der Waals surface area contributed by atoms with E-state index in [9.17, 15) is 28.0 Å². The zero-order valence-electron chi connectivity index (χ0n) is 37.6. The van der Waals surface area contributed by atoms with Crippen LogP contribution in [0.4, 0.5) is 20.3 Å². The first-order chi connectivity index (χ1) is 31.9. The Balaban J connectivity index is 0.703. The lowest BCUT2D eigenvalue weighted by Crippen LogP contribution is -2.44.